The maximum Gasteiger partial charge on any atom is 0.0991 e. The van der Waals surface area contributed by atoms with Gasteiger partial charge in [0.1, 0.15) is 0 Å². The van der Waals surface area contributed by atoms with Crippen LogP contribution >= 0.6 is 0 Å². The molecule has 0 bridgehead atoms. The molecule has 0 aromatic heterocycles. The summed E-state index contributed by atoms with van der Waals surface area (Å²) >= 11 is 0. The monoisotopic (exact) mass is 292 g/mol. The topological polar surface area (TPSA) is 74.5 Å². The van der Waals surface area contributed by atoms with E-state index in [1.54, 1.807) is 12.1 Å². The summed E-state index contributed by atoms with van der Waals surface area (Å²) in [5, 5.41) is 21.6. The summed E-state index contributed by atoms with van der Waals surface area (Å²) < 4.78 is 10.7. The molecule has 0 radical (unpaired) electrons. The van der Waals surface area contributed by atoms with E-state index in [9.17, 15) is 5.11 Å². The molecule has 0 amide bonds. The van der Waals surface area contributed by atoms with Crippen molar-refractivity contribution in [3.63, 3.8) is 0 Å². The summed E-state index contributed by atoms with van der Waals surface area (Å²) in [6, 6.07) is 9.16. The highest BCUT2D eigenvalue weighted by molar-refractivity contribution is 5.47. The van der Waals surface area contributed by atoms with E-state index in [2.05, 4.69) is 18.3 Å². The van der Waals surface area contributed by atoms with Crippen molar-refractivity contribution in [3.8, 4) is 6.07 Å². The van der Waals surface area contributed by atoms with Crippen molar-refractivity contribution < 1.29 is 14.6 Å². The fourth-order valence-electron chi connectivity index (χ4n) is 1.64. The van der Waals surface area contributed by atoms with Gasteiger partial charge in [-0.05, 0) is 30.7 Å². The zero-order valence-corrected chi connectivity index (χ0v) is 12.5. The van der Waals surface area contributed by atoms with Crippen molar-refractivity contribution in [1.82, 2.24) is 0 Å². The van der Waals surface area contributed by atoms with Gasteiger partial charge >= 0.3 is 0 Å². The Morgan fingerprint density at radius 3 is 2.57 bits per heavy atom. The van der Waals surface area contributed by atoms with Crippen LogP contribution in [0.15, 0.2) is 24.3 Å². The average Bonchev–Trinajstić information content (AvgIpc) is 2.52. The molecule has 2 N–H and O–H groups in total. The molecule has 0 saturated heterocycles. The molecule has 5 heteroatoms. The third kappa shape index (κ3) is 8.30. The molecule has 0 fully saturated rings. The van der Waals surface area contributed by atoms with Crippen molar-refractivity contribution in [2.45, 2.75) is 25.9 Å². The highest BCUT2D eigenvalue weighted by Gasteiger charge is 2.04. The van der Waals surface area contributed by atoms with Gasteiger partial charge in [0.25, 0.3) is 0 Å². The number of aliphatic hydroxyl groups excluding tert-OH is 1. The van der Waals surface area contributed by atoms with Crippen molar-refractivity contribution in [1.29, 1.82) is 5.26 Å². The molecule has 0 heterocycles. The van der Waals surface area contributed by atoms with E-state index in [0.29, 0.717) is 25.3 Å². The smallest absolute Gasteiger partial charge is 0.0991 e. The summed E-state index contributed by atoms with van der Waals surface area (Å²) in [7, 11) is 0. The third-order valence-electron chi connectivity index (χ3n) is 2.88. The van der Waals surface area contributed by atoms with Gasteiger partial charge in [-0.25, -0.2) is 0 Å². The summed E-state index contributed by atoms with van der Waals surface area (Å²) in [4.78, 5) is 0. The Labute approximate surface area is 126 Å². The Bertz CT molecular complexity index is 415. The molecule has 1 rings (SSSR count). The zero-order chi connectivity index (χ0) is 15.3. The Kier molecular flexibility index (Phi) is 9.21. The molecule has 0 spiro atoms. The molecule has 0 aliphatic heterocycles. The third-order valence-corrected chi connectivity index (χ3v) is 2.88. The van der Waals surface area contributed by atoms with Gasteiger partial charge in [-0.15, -0.1) is 0 Å². The van der Waals surface area contributed by atoms with Gasteiger partial charge in [0.05, 0.1) is 37.6 Å². The molecule has 1 aromatic rings. The van der Waals surface area contributed by atoms with E-state index in [0.717, 1.165) is 25.1 Å². The minimum Gasteiger partial charge on any atom is -0.389 e. The molecule has 0 aliphatic rings. The lowest BCUT2D eigenvalue weighted by molar-refractivity contribution is 0.00749. The van der Waals surface area contributed by atoms with Crippen molar-refractivity contribution in [3.05, 3.63) is 29.8 Å². The van der Waals surface area contributed by atoms with Crippen LogP contribution in [0.4, 0.5) is 5.69 Å². The number of unbranched alkanes of at least 4 members (excludes halogenated alkanes) is 1. The fraction of sp³-hybridized carbons (Fsp3) is 0.562. The van der Waals surface area contributed by atoms with Crippen LogP contribution in [0.25, 0.3) is 0 Å². The number of aliphatic hydroxyl groups is 1. The number of rotatable bonds is 11. The van der Waals surface area contributed by atoms with E-state index >= 15 is 0 Å². The van der Waals surface area contributed by atoms with Gasteiger partial charge < -0.3 is 19.9 Å². The number of hydrogen-bond acceptors (Lipinski definition) is 5. The van der Waals surface area contributed by atoms with Gasteiger partial charge in [-0.1, -0.05) is 13.3 Å². The Morgan fingerprint density at radius 1 is 1.19 bits per heavy atom. The Balaban J connectivity index is 2.05. The van der Waals surface area contributed by atoms with Gasteiger partial charge in [-0.3, -0.25) is 0 Å². The Hall–Kier alpha value is -1.61. The molecule has 1 atom stereocenters. The number of nitrogens with one attached hydrogen (secondary N) is 1. The van der Waals surface area contributed by atoms with Gasteiger partial charge in [0.15, 0.2) is 0 Å². The molecule has 5 nitrogen and oxygen atoms in total. The molecule has 0 aliphatic carbocycles. The van der Waals surface area contributed by atoms with E-state index in [4.69, 9.17) is 14.7 Å². The number of anilines is 1. The predicted octanol–water partition coefficient (Wildman–Crippen LogP) is 2.16. The molecular weight excluding hydrogens is 268 g/mol. The predicted molar refractivity (Wildman–Crippen MR) is 82.2 cm³/mol. The molecule has 0 saturated carbocycles. The first kappa shape index (κ1) is 17.4. The van der Waals surface area contributed by atoms with Gasteiger partial charge in [0, 0.05) is 18.8 Å². The molecule has 116 valence electrons. The van der Waals surface area contributed by atoms with Crippen LogP contribution in [-0.2, 0) is 9.47 Å². The average molecular weight is 292 g/mol. The Morgan fingerprint density at radius 2 is 1.90 bits per heavy atom. The maximum absolute atomic E-state index is 9.77. The molecule has 1 aromatic carbocycles. The van der Waals surface area contributed by atoms with Gasteiger partial charge in [-0.2, -0.15) is 5.26 Å². The maximum atomic E-state index is 9.77. The van der Waals surface area contributed by atoms with Crippen LogP contribution in [-0.4, -0.2) is 44.2 Å². The summed E-state index contributed by atoms with van der Waals surface area (Å²) in [5.41, 5.74) is 1.49. The molecule has 1 unspecified atom stereocenters. The van der Waals surface area contributed by atoms with Crippen LogP contribution < -0.4 is 5.32 Å². The second kappa shape index (κ2) is 11.1. The number of ether oxygens (including phenoxy) is 2. The van der Waals surface area contributed by atoms with E-state index in [-0.39, 0.29) is 6.61 Å². The second-order valence-corrected chi connectivity index (χ2v) is 4.76. The number of nitriles is 1. The molecule has 21 heavy (non-hydrogen) atoms. The van der Waals surface area contributed by atoms with Crippen LogP contribution in [0.3, 0.4) is 0 Å². The fourth-order valence-corrected chi connectivity index (χ4v) is 1.64. The lowest BCUT2D eigenvalue weighted by Gasteiger charge is -2.13. The second-order valence-electron chi connectivity index (χ2n) is 4.76. The van der Waals surface area contributed by atoms with Crippen molar-refractivity contribution in [2.24, 2.45) is 0 Å². The van der Waals surface area contributed by atoms with Crippen molar-refractivity contribution in [2.75, 3.05) is 38.3 Å². The summed E-state index contributed by atoms with van der Waals surface area (Å²) in [6.45, 7) is 4.64. The van der Waals surface area contributed by atoms with Gasteiger partial charge in [0.2, 0.25) is 0 Å². The quantitative estimate of drug-likeness (QED) is 0.611. The minimum absolute atomic E-state index is 0.278. The largest absolute Gasteiger partial charge is 0.389 e. The highest BCUT2D eigenvalue weighted by atomic mass is 16.5. The number of hydrogen-bond donors (Lipinski definition) is 2. The van der Waals surface area contributed by atoms with E-state index in [1.807, 2.05) is 12.1 Å². The van der Waals surface area contributed by atoms with Crippen LogP contribution in [0.5, 0.6) is 0 Å². The van der Waals surface area contributed by atoms with E-state index < -0.39 is 6.10 Å². The first-order valence-corrected chi connectivity index (χ1v) is 7.34. The number of nitrogens with zero attached hydrogens (tertiary/aromatic N) is 1. The van der Waals surface area contributed by atoms with E-state index in [1.165, 1.54) is 0 Å². The van der Waals surface area contributed by atoms with Crippen LogP contribution in [0.1, 0.15) is 25.3 Å². The van der Waals surface area contributed by atoms with Crippen LogP contribution in [0, 0.1) is 11.3 Å². The summed E-state index contributed by atoms with van der Waals surface area (Å²) in [5.74, 6) is 0. The zero-order valence-electron chi connectivity index (χ0n) is 12.5. The molecular formula is C16H24N2O3. The minimum atomic E-state index is -0.573. The SMILES string of the molecule is CCCCOCCOCC(O)CNc1ccc(C#N)cc1. The van der Waals surface area contributed by atoms with Crippen LogP contribution in [0.2, 0.25) is 0 Å². The van der Waals surface area contributed by atoms with Crippen molar-refractivity contribution >= 4 is 5.69 Å². The first-order valence-electron chi connectivity index (χ1n) is 7.34. The summed E-state index contributed by atoms with van der Waals surface area (Å²) in [6.07, 6.45) is 1.62. The lowest BCUT2D eigenvalue weighted by atomic mass is 10.2. The lowest BCUT2D eigenvalue weighted by Crippen LogP contribution is -2.25. The first-order chi connectivity index (χ1) is 10.3. The standard InChI is InChI=1S/C16H24N2O3/c1-2-3-8-20-9-10-21-13-16(19)12-18-15-6-4-14(11-17)5-7-15/h4-7,16,18-19H,2-3,8-10,12-13H2,1H3. The normalized spacial score (nSPS) is 11.9. The highest BCUT2D eigenvalue weighted by Crippen LogP contribution is 2.08. The number of benzene rings is 1.